The van der Waals surface area contributed by atoms with Crippen molar-refractivity contribution in [1.82, 2.24) is 9.88 Å². The molecule has 1 aromatic rings. The fourth-order valence-electron chi connectivity index (χ4n) is 3.06. The quantitative estimate of drug-likeness (QED) is 0.855. The first-order valence-corrected chi connectivity index (χ1v) is 7.89. The van der Waals surface area contributed by atoms with Crippen LogP contribution in [0.3, 0.4) is 0 Å². The summed E-state index contributed by atoms with van der Waals surface area (Å²) in [4.78, 5) is 28.6. The van der Waals surface area contributed by atoms with Crippen LogP contribution in [0, 0.1) is 19.8 Å². The Morgan fingerprint density at radius 1 is 1.33 bits per heavy atom. The third-order valence-corrected chi connectivity index (χ3v) is 4.30. The number of halogens is 3. The SMILES string of the molecule is CCOC(=O)c1c(C)[nH]c(C(=O)N2CCC[C@H](C(F)(F)F)C2)c1C. The normalized spacial score (nSPS) is 18.6. The zero-order valence-electron chi connectivity index (χ0n) is 13.9. The fraction of sp³-hybridized carbons (Fsp3) is 0.625. The van der Waals surface area contributed by atoms with E-state index in [4.69, 9.17) is 4.74 Å². The number of nitrogens with zero attached hydrogens (tertiary/aromatic N) is 1. The van der Waals surface area contributed by atoms with Gasteiger partial charge in [-0.05, 0) is 39.2 Å². The highest BCUT2D eigenvalue weighted by Gasteiger charge is 2.43. The highest BCUT2D eigenvalue weighted by atomic mass is 19.4. The first-order chi connectivity index (χ1) is 11.2. The largest absolute Gasteiger partial charge is 0.462 e. The second-order valence-corrected chi connectivity index (χ2v) is 5.98. The van der Waals surface area contributed by atoms with E-state index in [1.54, 1.807) is 20.8 Å². The number of hydrogen-bond donors (Lipinski definition) is 1. The summed E-state index contributed by atoms with van der Waals surface area (Å²) in [7, 11) is 0. The van der Waals surface area contributed by atoms with Gasteiger partial charge in [0.25, 0.3) is 5.91 Å². The summed E-state index contributed by atoms with van der Waals surface area (Å²) in [5.74, 6) is -2.56. The molecule has 0 saturated carbocycles. The van der Waals surface area contributed by atoms with Crippen molar-refractivity contribution in [3.63, 3.8) is 0 Å². The molecule has 1 amide bonds. The molecular weight excluding hydrogens is 325 g/mol. The highest BCUT2D eigenvalue weighted by molar-refractivity contribution is 6.00. The van der Waals surface area contributed by atoms with Gasteiger partial charge in [0.05, 0.1) is 18.1 Å². The Labute approximate surface area is 138 Å². The molecule has 24 heavy (non-hydrogen) atoms. The van der Waals surface area contributed by atoms with Gasteiger partial charge >= 0.3 is 12.1 Å². The number of hydrogen-bond acceptors (Lipinski definition) is 3. The zero-order valence-corrected chi connectivity index (χ0v) is 13.9. The molecule has 0 spiro atoms. The second-order valence-electron chi connectivity index (χ2n) is 5.98. The molecule has 2 heterocycles. The molecule has 0 aromatic carbocycles. The van der Waals surface area contributed by atoms with E-state index < -0.39 is 24.0 Å². The number of carbonyl (C=O) groups is 2. The third kappa shape index (κ3) is 3.57. The smallest absolute Gasteiger partial charge is 0.393 e. The Morgan fingerprint density at radius 3 is 2.58 bits per heavy atom. The summed E-state index contributed by atoms with van der Waals surface area (Å²) in [5, 5.41) is 0. The van der Waals surface area contributed by atoms with Gasteiger partial charge in [0.2, 0.25) is 0 Å². The number of nitrogens with one attached hydrogen (secondary N) is 1. The molecule has 2 rings (SSSR count). The molecule has 1 atom stereocenters. The number of rotatable bonds is 3. The number of ether oxygens (including phenoxy) is 1. The van der Waals surface area contributed by atoms with Crippen molar-refractivity contribution in [3.8, 4) is 0 Å². The van der Waals surface area contributed by atoms with Crippen LogP contribution >= 0.6 is 0 Å². The van der Waals surface area contributed by atoms with Crippen LogP contribution in [0.15, 0.2) is 0 Å². The standard InChI is InChI=1S/C16H21F3N2O3/c1-4-24-15(23)12-9(2)13(20-10(12)3)14(22)21-7-5-6-11(8-21)16(17,18)19/h11,20H,4-8H2,1-3H3/t11-/m0/s1. The summed E-state index contributed by atoms with van der Waals surface area (Å²) in [5.41, 5.74) is 1.30. The van der Waals surface area contributed by atoms with Crippen molar-refractivity contribution in [2.24, 2.45) is 5.92 Å². The first kappa shape index (κ1) is 18.4. The van der Waals surface area contributed by atoms with Crippen molar-refractivity contribution in [1.29, 1.82) is 0 Å². The molecule has 8 heteroatoms. The molecule has 0 unspecified atom stereocenters. The fourth-order valence-corrected chi connectivity index (χ4v) is 3.06. The van der Waals surface area contributed by atoms with Gasteiger partial charge in [-0.3, -0.25) is 4.79 Å². The van der Waals surface area contributed by atoms with Gasteiger partial charge in [-0.1, -0.05) is 0 Å². The molecule has 1 aromatic heterocycles. The van der Waals surface area contributed by atoms with Crippen LogP contribution in [0.5, 0.6) is 0 Å². The maximum Gasteiger partial charge on any atom is 0.393 e. The number of carbonyl (C=O) groups excluding carboxylic acids is 2. The molecular formula is C16H21F3N2O3. The number of piperidine rings is 1. The molecule has 0 bridgehead atoms. The van der Waals surface area contributed by atoms with Crippen molar-refractivity contribution in [2.75, 3.05) is 19.7 Å². The molecule has 0 radical (unpaired) electrons. The Bertz CT molecular complexity index is 637. The van der Waals surface area contributed by atoms with Crippen LogP contribution in [0.1, 0.15) is 51.9 Å². The third-order valence-electron chi connectivity index (χ3n) is 4.30. The predicted molar refractivity (Wildman–Crippen MR) is 80.9 cm³/mol. The molecule has 1 N–H and O–H groups in total. The molecule has 1 aliphatic rings. The second kappa shape index (κ2) is 6.86. The lowest BCUT2D eigenvalue weighted by Crippen LogP contribution is -2.44. The van der Waals surface area contributed by atoms with Crippen molar-refractivity contribution < 1.29 is 27.5 Å². The minimum absolute atomic E-state index is 0.0318. The first-order valence-electron chi connectivity index (χ1n) is 7.89. The lowest BCUT2D eigenvalue weighted by Gasteiger charge is -2.33. The van der Waals surface area contributed by atoms with E-state index in [2.05, 4.69) is 4.98 Å². The number of aromatic nitrogens is 1. The van der Waals surface area contributed by atoms with Gasteiger partial charge in [0.15, 0.2) is 0 Å². The van der Waals surface area contributed by atoms with Gasteiger partial charge in [0.1, 0.15) is 5.69 Å². The van der Waals surface area contributed by atoms with E-state index in [1.807, 2.05) is 0 Å². The van der Waals surface area contributed by atoms with Crippen molar-refractivity contribution in [2.45, 2.75) is 39.8 Å². The average Bonchev–Trinajstić information content (AvgIpc) is 2.81. The predicted octanol–water partition coefficient (Wildman–Crippen LogP) is 3.22. The monoisotopic (exact) mass is 346 g/mol. The minimum atomic E-state index is -4.31. The summed E-state index contributed by atoms with van der Waals surface area (Å²) >= 11 is 0. The molecule has 1 aliphatic heterocycles. The van der Waals surface area contributed by atoms with Gasteiger partial charge in [-0.25, -0.2) is 4.79 Å². The lowest BCUT2D eigenvalue weighted by molar-refractivity contribution is -0.184. The maximum absolute atomic E-state index is 12.9. The topological polar surface area (TPSA) is 62.4 Å². The number of aromatic amines is 1. The number of amides is 1. The summed E-state index contributed by atoms with van der Waals surface area (Å²) in [6.07, 6.45) is -3.97. The van der Waals surface area contributed by atoms with Gasteiger partial charge in [-0.2, -0.15) is 13.2 Å². The molecule has 134 valence electrons. The number of aryl methyl sites for hydroxylation is 1. The Balaban J connectivity index is 2.24. The molecule has 5 nitrogen and oxygen atoms in total. The molecule has 1 saturated heterocycles. The number of likely N-dealkylation sites (tertiary alicyclic amines) is 1. The molecule has 0 aliphatic carbocycles. The zero-order chi connectivity index (χ0) is 18.1. The van der Waals surface area contributed by atoms with Crippen LogP contribution in [0.2, 0.25) is 0 Å². The van der Waals surface area contributed by atoms with Crippen molar-refractivity contribution in [3.05, 3.63) is 22.5 Å². The van der Waals surface area contributed by atoms with Crippen LogP contribution in [0.4, 0.5) is 13.2 Å². The van der Waals surface area contributed by atoms with E-state index in [1.165, 1.54) is 4.90 Å². The van der Waals surface area contributed by atoms with Gasteiger partial charge in [-0.15, -0.1) is 0 Å². The summed E-state index contributed by atoms with van der Waals surface area (Å²) < 4.78 is 43.7. The van der Waals surface area contributed by atoms with Crippen LogP contribution in [0.25, 0.3) is 0 Å². The number of esters is 1. The van der Waals surface area contributed by atoms with E-state index >= 15 is 0 Å². The Kier molecular flexibility index (Phi) is 5.25. The number of H-pyrrole nitrogens is 1. The van der Waals surface area contributed by atoms with E-state index in [-0.39, 0.29) is 37.4 Å². The van der Waals surface area contributed by atoms with Crippen molar-refractivity contribution >= 4 is 11.9 Å². The van der Waals surface area contributed by atoms with E-state index in [0.717, 1.165) is 0 Å². The number of alkyl halides is 3. The Hall–Kier alpha value is -1.99. The van der Waals surface area contributed by atoms with Gasteiger partial charge < -0.3 is 14.6 Å². The lowest BCUT2D eigenvalue weighted by atomic mass is 9.97. The summed E-state index contributed by atoms with van der Waals surface area (Å²) in [6, 6.07) is 0. The van der Waals surface area contributed by atoms with E-state index in [9.17, 15) is 22.8 Å². The van der Waals surface area contributed by atoms with E-state index in [0.29, 0.717) is 17.7 Å². The summed E-state index contributed by atoms with van der Waals surface area (Å²) in [6.45, 7) is 5.02. The highest BCUT2D eigenvalue weighted by Crippen LogP contribution is 2.34. The van der Waals surface area contributed by atoms with Gasteiger partial charge in [0, 0.05) is 18.8 Å². The minimum Gasteiger partial charge on any atom is -0.462 e. The van der Waals surface area contributed by atoms with Crippen LogP contribution in [-0.4, -0.2) is 47.6 Å². The Morgan fingerprint density at radius 2 is 2.00 bits per heavy atom. The van der Waals surface area contributed by atoms with Crippen LogP contribution in [-0.2, 0) is 4.74 Å². The maximum atomic E-state index is 12.9. The van der Waals surface area contributed by atoms with Crippen LogP contribution < -0.4 is 0 Å². The molecule has 1 fully saturated rings. The average molecular weight is 346 g/mol.